The van der Waals surface area contributed by atoms with E-state index in [9.17, 15) is 16.8 Å². The highest BCUT2D eigenvalue weighted by atomic mass is 32.2. The van der Waals surface area contributed by atoms with E-state index in [4.69, 9.17) is 4.74 Å². The van der Waals surface area contributed by atoms with Crippen LogP contribution in [0.2, 0.25) is 0 Å². The molecule has 0 unspecified atom stereocenters. The Balaban J connectivity index is 1.62. The molecule has 2 heterocycles. The molecule has 0 saturated carbocycles. The molecule has 1 fully saturated rings. The first-order chi connectivity index (χ1) is 16.2. The van der Waals surface area contributed by atoms with Gasteiger partial charge in [-0.3, -0.25) is 0 Å². The number of nitrogens with zero attached hydrogens (tertiary/aromatic N) is 2. The highest BCUT2D eigenvalue weighted by Crippen LogP contribution is 2.37. The fourth-order valence-electron chi connectivity index (χ4n) is 4.21. The third-order valence-corrected chi connectivity index (χ3v) is 9.85. The van der Waals surface area contributed by atoms with Gasteiger partial charge in [0.1, 0.15) is 10.6 Å². The third-order valence-electron chi connectivity index (χ3n) is 6.03. The van der Waals surface area contributed by atoms with E-state index in [2.05, 4.69) is 18.4 Å². The molecule has 34 heavy (non-hydrogen) atoms. The highest BCUT2D eigenvalue weighted by molar-refractivity contribution is 7.89. The Bertz CT molecular complexity index is 1330. The molecule has 2 atom stereocenters. The summed E-state index contributed by atoms with van der Waals surface area (Å²) in [6.07, 6.45) is 2.81. The second-order valence-electron chi connectivity index (χ2n) is 8.36. The van der Waals surface area contributed by atoms with Gasteiger partial charge in [0, 0.05) is 13.1 Å². The summed E-state index contributed by atoms with van der Waals surface area (Å²) in [4.78, 5) is 0.345. The number of benzene rings is 2. The summed E-state index contributed by atoms with van der Waals surface area (Å²) in [6.45, 7) is 6.21. The van der Waals surface area contributed by atoms with Gasteiger partial charge in [-0.2, -0.15) is 8.61 Å². The molecular formula is C25H28N2O5S2. The lowest BCUT2D eigenvalue weighted by Crippen LogP contribution is -2.42. The molecule has 2 aliphatic rings. The molecule has 9 heteroatoms. The lowest BCUT2D eigenvalue weighted by molar-refractivity contribution is 0.183. The number of hydrogen-bond acceptors (Lipinski definition) is 5. The van der Waals surface area contributed by atoms with Crippen molar-refractivity contribution < 1.29 is 21.6 Å². The summed E-state index contributed by atoms with van der Waals surface area (Å²) in [5, 5.41) is 0. The average molecular weight is 501 g/mol. The first-order valence-corrected chi connectivity index (χ1v) is 14.1. The summed E-state index contributed by atoms with van der Waals surface area (Å²) in [6, 6.07) is 12.8. The number of rotatable bonds is 6. The van der Waals surface area contributed by atoms with E-state index >= 15 is 0 Å². The molecule has 0 bridgehead atoms. The molecule has 0 aliphatic carbocycles. The summed E-state index contributed by atoms with van der Waals surface area (Å²) >= 11 is 0. The zero-order valence-electron chi connectivity index (χ0n) is 19.1. The standard InChI is InChI=1S/C25H28N2O5S2/c1-3-4-17-26(33(28,29)21-15-13-20(2)14-16-21)18-8-11-23-22-9-7-19-27(22)34(30,31)25-12-6-5-10-24(25)32-23/h3,5-6,10,12-16,22-23H,1,4,7,9,17-19H2,2H3/t22-,23+/m0/s1. The topological polar surface area (TPSA) is 84.0 Å². The van der Waals surface area contributed by atoms with E-state index < -0.39 is 32.2 Å². The third kappa shape index (κ3) is 4.77. The summed E-state index contributed by atoms with van der Waals surface area (Å²) in [7, 11) is -7.43. The van der Waals surface area contributed by atoms with Crippen LogP contribution in [0.25, 0.3) is 0 Å². The van der Waals surface area contributed by atoms with Crippen LogP contribution in [0.1, 0.15) is 24.8 Å². The van der Waals surface area contributed by atoms with E-state index in [1.165, 1.54) is 8.61 Å². The Morgan fingerprint density at radius 3 is 2.68 bits per heavy atom. The fourth-order valence-corrected chi connectivity index (χ4v) is 7.38. The van der Waals surface area contributed by atoms with Crippen molar-refractivity contribution in [3.05, 3.63) is 66.7 Å². The van der Waals surface area contributed by atoms with E-state index in [0.717, 1.165) is 12.0 Å². The lowest BCUT2D eigenvalue weighted by atomic mass is 10.1. The maximum absolute atomic E-state index is 13.2. The molecule has 7 nitrogen and oxygen atoms in total. The van der Waals surface area contributed by atoms with Crippen molar-refractivity contribution >= 4 is 20.0 Å². The second-order valence-corrected chi connectivity index (χ2v) is 12.2. The Morgan fingerprint density at radius 1 is 1.21 bits per heavy atom. The van der Waals surface area contributed by atoms with Crippen molar-refractivity contribution in [2.75, 3.05) is 19.6 Å². The van der Waals surface area contributed by atoms with Gasteiger partial charge in [0.15, 0.2) is 6.10 Å². The highest BCUT2D eigenvalue weighted by Gasteiger charge is 2.44. The molecule has 2 aliphatic heterocycles. The minimum atomic E-state index is -3.75. The van der Waals surface area contributed by atoms with Gasteiger partial charge in [-0.05, 0) is 50.5 Å². The van der Waals surface area contributed by atoms with Crippen LogP contribution in [0.15, 0.2) is 71.0 Å². The van der Waals surface area contributed by atoms with Crippen molar-refractivity contribution in [3.8, 4) is 17.6 Å². The number of ether oxygens (including phenoxy) is 1. The van der Waals surface area contributed by atoms with Gasteiger partial charge in [0.25, 0.3) is 0 Å². The van der Waals surface area contributed by atoms with Crippen molar-refractivity contribution in [2.24, 2.45) is 0 Å². The number of aryl methyl sites for hydroxylation is 1. The SMILES string of the molecule is C=CCCN(CC#C[C@H]1Oc2ccccc2S(=O)(=O)N2CCC[C@@H]12)S(=O)(=O)c1ccc(C)cc1. The largest absolute Gasteiger partial charge is 0.475 e. The van der Waals surface area contributed by atoms with Gasteiger partial charge in [0.2, 0.25) is 20.0 Å². The predicted molar refractivity (Wildman–Crippen MR) is 130 cm³/mol. The molecule has 4 rings (SSSR count). The Hall–Kier alpha value is -2.64. The first-order valence-electron chi connectivity index (χ1n) is 11.2. The molecule has 0 amide bonds. The maximum atomic E-state index is 13.2. The molecule has 0 radical (unpaired) electrons. The van der Waals surface area contributed by atoms with Crippen LogP contribution < -0.4 is 4.74 Å². The second kappa shape index (κ2) is 9.92. The predicted octanol–water partition coefficient (Wildman–Crippen LogP) is 3.18. The van der Waals surface area contributed by atoms with Crippen LogP contribution in [0.4, 0.5) is 0 Å². The quantitative estimate of drug-likeness (QED) is 0.449. The molecule has 180 valence electrons. The molecule has 0 aromatic heterocycles. The van der Waals surface area contributed by atoms with Gasteiger partial charge in [0.05, 0.1) is 17.5 Å². The van der Waals surface area contributed by atoms with Crippen molar-refractivity contribution in [3.63, 3.8) is 0 Å². The number of para-hydroxylation sites is 1. The molecule has 0 N–H and O–H groups in total. The zero-order chi connectivity index (χ0) is 24.3. The van der Waals surface area contributed by atoms with E-state index in [1.54, 1.807) is 54.6 Å². The monoisotopic (exact) mass is 500 g/mol. The maximum Gasteiger partial charge on any atom is 0.247 e. The van der Waals surface area contributed by atoms with Crippen LogP contribution in [-0.2, 0) is 20.0 Å². The number of hydrogen-bond donors (Lipinski definition) is 0. The van der Waals surface area contributed by atoms with E-state index in [1.807, 2.05) is 6.92 Å². The van der Waals surface area contributed by atoms with Crippen LogP contribution in [-0.4, -0.2) is 57.2 Å². The Labute approximate surface area is 202 Å². The van der Waals surface area contributed by atoms with Gasteiger partial charge in [-0.1, -0.05) is 47.7 Å². The van der Waals surface area contributed by atoms with Crippen LogP contribution >= 0.6 is 0 Å². The van der Waals surface area contributed by atoms with Crippen LogP contribution in [0.3, 0.4) is 0 Å². The molecular weight excluding hydrogens is 472 g/mol. The smallest absolute Gasteiger partial charge is 0.247 e. The van der Waals surface area contributed by atoms with Crippen molar-refractivity contribution in [1.29, 1.82) is 0 Å². The molecule has 0 spiro atoms. The Morgan fingerprint density at radius 2 is 1.94 bits per heavy atom. The summed E-state index contributed by atoms with van der Waals surface area (Å²) in [5.74, 6) is 6.28. The molecule has 2 aromatic rings. The van der Waals surface area contributed by atoms with Crippen molar-refractivity contribution in [2.45, 2.75) is 48.1 Å². The lowest BCUT2D eigenvalue weighted by Gasteiger charge is -2.24. The van der Waals surface area contributed by atoms with Crippen LogP contribution in [0, 0.1) is 18.8 Å². The zero-order valence-corrected chi connectivity index (χ0v) is 20.7. The molecule has 2 aromatic carbocycles. The van der Waals surface area contributed by atoms with E-state index in [-0.39, 0.29) is 28.6 Å². The van der Waals surface area contributed by atoms with Crippen molar-refractivity contribution in [1.82, 2.24) is 8.61 Å². The van der Waals surface area contributed by atoms with Gasteiger partial charge in [-0.25, -0.2) is 16.8 Å². The number of fused-ring (bicyclic) bond motifs is 2. The van der Waals surface area contributed by atoms with E-state index in [0.29, 0.717) is 19.4 Å². The first kappa shape index (κ1) is 24.5. The minimum absolute atomic E-state index is 0.0367. The minimum Gasteiger partial charge on any atom is -0.475 e. The Kier molecular flexibility index (Phi) is 7.14. The average Bonchev–Trinajstić information content (AvgIpc) is 3.29. The van der Waals surface area contributed by atoms with Gasteiger partial charge >= 0.3 is 0 Å². The van der Waals surface area contributed by atoms with Crippen LogP contribution in [0.5, 0.6) is 5.75 Å². The number of sulfonamides is 2. The fraction of sp³-hybridized carbons (Fsp3) is 0.360. The van der Waals surface area contributed by atoms with Gasteiger partial charge < -0.3 is 4.74 Å². The summed E-state index contributed by atoms with van der Waals surface area (Å²) in [5.41, 5.74) is 0.971. The molecule has 1 saturated heterocycles. The van der Waals surface area contributed by atoms with Gasteiger partial charge in [-0.15, -0.1) is 6.58 Å². The normalized spacial score (nSPS) is 21.5. The summed E-state index contributed by atoms with van der Waals surface area (Å²) < 4.78 is 61.6.